The molecule has 0 saturated heterocycles. The summed E-state index contributed by atoms with van der Waals surface area (Å²) >= 11 is 6.29. The van der Waals surface area contributed by atoms with E-state index in [1.807, 2.05) is 36.2 Å². The zero-order valence-electron chi connectivity index (χ0n) is 15.6. The molecule has 144 valence electrons. The van der Waals surface area contributed by atoms with Crippen LogP contribution in [0.4, 0.5) is 5.69 Å². The number of nitrogens with one attached hydrogen (secondary N) is 1. The van der Waals surface area contributed by atoms with Gasteiger partial charge in [0.05, 0.1) is 36.3 Å². The van der Waals surface area contributed by atoms with Crippen molar-refractivity contribution in [2.45, 2.75) is 6.04 Å². The summed E-state index contributed by atoms with van der Waals surface area (Å²) in [4.78, 5) is 16.7. The molecule has 8 nitrogen and oxygen atoms in total. The number of pyridine rings is 1. The second-order valence-corrected chi connectivity index (χ2v) is 6.96. The average molecular weight is 399 g/mol. The van der Waals surface area contributed by atoms with E-state index in [-0.39, 0.29) is 6.04 Å². The summed E-state index contributed by atoms with van der Waals surface area (Å²) in [6.07, 6.45) is 4.96. The number of nitrogens with zero attached hydrogens (tertiary/aromatic N) is 4. The van der Waals surface area contributed by atoms with Crippen LogP contribution in [0.5, 0.6) is 5.75 Å². The van der Waals surface area contributed by atoms with Gasteiger partial charge < -0.3 is 15.5 Å². The first-order valence-corrected chi connectivity index (χ1v) is 8.93. The minimum absolute atomic E-state index is 0.287. The Morgan fingerprint density at radius 1 is 1.32 bits per heavy atom. The number of aromatic nitrogens is 3. The van der Waals surface area contributed by atoms with Crippen LogP contribution in [0.25, 0.3) is 11.3 Å². The van der Waals surface area contributed by atoms with Crippen LogP contribution in [0, 0.1) is 0 Å². The Bertz CT molecular complexity index is 1050. The summed E-state index contributed by atoms with van der Waals surface area (Å²) in [7, 11) is 5.41. The molecule has 2 aromatic heterocycles. The number of aromatic amines is 1. The largest absolute Gasteiger partial charge is 0.496 e. The first kappa shape index (κ1) is 18.3. The molecule has 1 aliphatic rings. The summed E-state index contributed by atoms with van der Waals surface area (Å²) in [6.45, 7) is 0. The normalized spacial score (nSPS) is 16.3. The maximum Gasteiger partial charge on any atom is 0.252 e. The number of fused-ring (bicyclic) bond motifs is 1. The Hall–Kier alpha value is -3.10. The second kappa shape index (κ2) is 6.81. The van der Waals surface area contributed by atoms with Crippen LogP contribution in [0.3, 0.4) is 0 Å². The number of hydrogen-bond acceptors (Lipinski definition) is 6. The Kier molecular flexibility index (Phi) is 4.44. The van der Waals surface area contributed by atoms with Crippen molar-refractivity contribution in [2.24, 2.45) is 5.73 Å². The van der Waals surface area contributed by atoms with Gasteiger partial charge in [-0.3, -0.25) is 14.9 Å². The number of ether oxygens (including phenoxy) is 1. The molecule has 0 spiro atoms. The number of H-pyrrole nitrogens is 1. The van der Waals surface area contributed by atoms with Gasteiger partial charge in [0.2, 0.25) is 0 Å². The molecule has 1 aliphatic heterocycles. The van der Waals surface area contributed by atoms with Crippen molar-refractivity contribution in [3.63, 3.8) is 0 Å². The zero-order valence-corrected chi connectivity index (χ0v) is 16.4. The van der Waals surface area contributed by atoms with Crippen LogP contribution in [0.2, 0.25) is 5.02 Å². The van der Waals surface area contributed by atoms with E-state index < -0.39 is 5.91 Å². The SMILES string of the molecule is COc1ccc(Cl)cc1C1c2c(-c3cn[nH]c3)ncc(C(N)=O)c2N(C)N1C. The summed E-state index contributed by atoms with van der Waals surface area (Å²) in [6, 6.07) is 5.18. The molecule has 1 aromatic carbocycles. The number of rotatable bonds is 4. The fourth-order valence-corrected chi connectivity index (χ4v) is 3.89. The first-order chi connectivity index (χ1) is 13.4. The average Bonchev–Trinajstić information content (AvgIpc) is 3.29. The van der Waals surface area contributed by atoms with E-state index in [4.69, 9.17) is 22.1 Å². The molecule has 3 heterocycles. The van der Waals surface area contributed by atoms with Gasteiger partial charge in [-0.2, -0.15) is 5.10 Å². The Morgan fingerprint density at radius 2 is 2.11 bits per heavy atom. The van der Waals surface area contributed by atoms with Crippen LogP contribution >= 0.6 is 11.6 Å². The zero-order chi connectivity index (χ0) is 20.0. The number of anilines is 1. The number of methoxy groups -OCH3 is 1. The van der Waals surface area contributed by atoms with Gasteiger partial charge in [-0.25, -0.2) is 5.01 Å². The second-order valence-electron chi connectivity index (χ2n) is 6.52. The van der Waals surface area contributed by atoms with E-state index in [1.54, 1.807) is 25.6 Å². The number of carbonyl (C=O) groups is 1. The predicted molar refractivity (Wildman–Crippen MR) is 106 cm³/mol. The van der Waals surface area contributed by atoms with Gasteiger partial charge in [0.15, 0.2) is 0 Å². The molecule has 9 heteroatoms. The van der Waals surface area contributed by atoms with Crippen molar-refractivity contribution in [3.05, 3.63) is 58.5 Å². The maximum atomic E-state index is 12.1. The van der Waals surface area contributed by atoms with E-state index in [2.05, 4.69) is 15.2 Å². The molecule has 3 N–H and O–H groups in total. The van der Waals surface area contributed by atoms with Crippen molar-refractivity contribution in [1.29, 1.82) is 0 Å². The smallest absolute Gasteiger partial charge is 0.252 e. The van der Waals surface area contributed by atoms with Crippen molar-refractivity contribution in [1.82, 2.24) is 20.2 Å². The molecule has 0 aliphatic carbocycles. The van der Waals surface area contributed by atoms with E-state index in [0.29, 0.717) is 27.7 Å². The number of benzene rings is 1. The van der Waals surface area contributed by atoms with Gasteiger partial charge in [0.25, 0.3) is 5.91 Å². The molecule has 0 fully saturated rings. The standard InChI is InChI=1S/C19H19ClN6O2/c1-25-17(12-6-11(20)4-5-14(12)28-3)15-16(10-7-23-24-8-10)22-9-13(19(21)27)18(15)26(25)2/h4-9,17H,1-3H3,(H2,21,27)(H,23,24). The third-order valence-electron chi connectivity index (χ3n) is 5.06. The van der Waals surface area contributed by atoms with E-state index in [0.717, 1.165) is 16.7 Å². The minimum atomic E-state index is -0.540. The number of hydrogen-bond donors (Lipinski definition) is 2. The highest BCUT2D eigenvalue weighted by Crippen LogP contribution is 2.49. The van der Waals surface area contributed by atoms with Crippen molar-refractivity contribution in [3.8, 4) is 17.0 Å². The topological polar surface area (TPSA) is 100 Å². The number of primary amides is 1. The van der Waals surface area contributed by atoms with Gasteiger partial charge >= 0.3 is 0 Å². The molecule has 28 heavy (non-hydrogen) atoms. The van der Waals surface area contributed by atoms with Crippen LogP contribution in [0.15, 0.2) is 36.8 Å². The van der Waals surface area contributed by atoms with Crippen molar-refractivity contribution in [2.75, 3.05) is 26.2 Å². The van der Waals surface area contributed by atoms with Gasteiger partial charge in [0, 0.05) is 48.2 Å². The quantitative estimate of drug-likeness (QED) is 0.700. The van der Waals surface area contributed by atoms with Gasteiger partial charge in [0.1, 0.15) is 5.75 Å². The Morgan fingerprint density at radius 3 is 2.75 bits per heavy atom. The Balaban J connectivity index is 2.05. The third-order valence-corrected chi connectivity index (χ3v) is 5.29. The monoisotopic (exact) mass is 398 g/mol. The molecule has 0 saturated carbocycles. The molecule has 4 rings (SSSR count). The lowest BCUT2D eigenvalue weighted by Crippen LogP contribution is -2.34. The third kappa shape index (κ3) is 2.69. The maximum absolute atomic E-state index is 12.1. The number of amides is 1. The van der Waals surface area contributed by atoms with Gasteiger partial charge in [-0.1, -0.05) is 11.6 Å². The Labute approximate surface area is 166 Å². The van der Waals surface area contributed by atoms with Gasteiger partial charge in [-0.05, 0) is 18.2 Å². The predicted octanol–water partition coefficient (Wildman–Crippen LogP) is 2.62. The lowest BCUT2D eigenvalue weighted by Gasteiger charge is -2.28. The van der Waals surface area contributed by atoms with Crippen LogP contribution < -0.4 is 15.5 Å². The first-order valence-electron chi connectivity index (χ1n) is 8.55. The number of nitrogens with two attached hydrogens (primary N) is 1. The minimum Gasteiger partial charge on any atom is -0.496 e. The summed E-state index contributed by atoms with van der Waals surface area (Å²) in [5.41, 5.74) is 9.90. The molecular weight excluding hydrogens is 380 g/mol. The molecule has 1 unspecified atom stereocenters. The van der Waals surface area contributed by atoms with Crippen molar-refractivity contribution >= 4 is 23.2 Å². The molecule has 1 amide bonds. The molecule has 0 bridgehead atoms. The molecular formula is C19H19ClN6O2. The lowest BCUT2D eigenvalue weighted by atomic mass is 9.93. The highest BCUT2D eigenvalue weighted by atomic mass is 35.5. The van der Waals surface area contributed by atoms with Crippen LogP contribution in [0.1, 0.15) is 27.5 Å². The summed E-state index contributed by atoms with van der Waals surface area (Å²) in [5, 5.41) is 11.3. The molecule has 1 atom stereocenters. The van der Waals surface area contributed by atoms with Crippen LogP contribution in [-0.4, -0.2) is 47.3 Å². The number of carbonyl (C=O) groups excluding carboxylic acids is 1. The van der Waals surface area contributed by atoms with Crippen LogP contribution in [-0.2, 0) is 0 Å². The highest BCUT2D eigenvalue weighted by Gasteiger charge is 2.40. The summed E-state index contributed by atoms with van der Waals surface area (Å²) in [5.74, 6) is 0.145. The lowest BCUT2D eigenvalue weighted by molar-refractivity contribution is 0.1000. The van der Waals surface area contributed by atoms with Gasteiger partial charge in [-0.15, -0.1) is 0 Å². The van der Waals surface area contributed by atoms with E-state index in [9.17, 15) is 4.79 Å². The number of halogens is 1. The van der Waals surface area contributed by atoms with E-state index >= 15 is 0 Å². The highest BCUT2D eigenvalue weighted by molar-refractivity contribution is 6.30. The fraction of sp³-hybridized carbons (Fsp3) is 0.211. The number of hydrazine groups is 1. The summed E-state index contributed by atoms with van der Waals surface area (Å²) < 4.78 is 5.59. The van der Waals surface area contributed by atoms with Crippen molar-refractivity contribution < 1.29 is 9.53 Å². The molecule has 3 aromatic rings. The molecule has 0 radical (unpaired) electrons. The van der Waals surface area contributed by atoms with E-state index in [1.165, 1.54) is 6.20 Å². The fourth-order valence-electron chi connectivity index (χ4n) is 3.71.